The van der Waals surface area contributed by atoms with Crippen LogP contribution in [-0.4, -0.2) is 47.4 Å². The lowest BCUT2D eigenvalue weighted by molar-refractivity contribution is -0.118. The van der Waals surface area contributed by atoms with Crippen LogP contribution in [0, 0.1) is 5.82 Å². The van der Waals surface area contributed by atoms with Crippen molar-refractivity contribution in [2.75, 3.05) is 19.6 Å². The predicted molar refractivity (Wildman–Crippen MR) is 136 cm³/mol. The van der Waals surface area contributed by atoms with E-state index < -0.39 is 23.8 Å². The summed E-state index contributed by atoms with van der Waals surface area (Å²) in [5.41, 5.74) is 2.36. The Morgan fingerprint density at radius 1 is 0.892 bits per heavy atom. The Kier molecular flexibility index (Phi) is 7.30. The first-order valence-corrected chi connectivity index (χ1v) is 12.2. The minimum atomic E-state index is -1.07. The van der Waals surface area contributed by atoms with Crippen LogP contribution in [0.4, 0.5) is 4.39 Å². The van der Waals surface area contributed by atoms with Gasteiger partial charge in [0.15, 0.2) is 11.5 Å². The summed E-state index contributed by atoms with van der Waals surface area (Å²) in [6, 6.07) is 17.0. The van der Waals surface area contributed by atoms with Crippen molar-refractivity contribution >= 4 is 11.7 Å². The summed E-state index contributed by atoms with van der Waals surface area (Å²) in [4.78, 5) is 28.1. The lowest BCUT2D eigenvalue weighted by Crippen LogP contribution is -2.48. The highest BCUT2D eigenvalue weighted by atomic mass is 19.1. The number of fused-ring (bicyclic) bond motifs is 1. The van der Waals surface area contributed by atoms with Crippen LogP contribution in [0.5, 0.6) is 11.5 Å². The van der Waals surface area contributed by atoms with E-state index in [-0.39, 0.29) is 11.4 Å². The highest BCUT2D eigenvalue weighted by Gasteiger charge is 2.30. The molecule has 37 heavy (non-hydrogen) atoms. The van der Waals surface area contributed by atoms with Gasteiger partial charge in [-0.15, -0.1) is 0 Å². The van der Waals surface area contributed by atoms with Crippen molar-refractivity contribution in [3.63, 3.8) is 0 Å². The van der Waals surface area contributed by atoms with Crippen LogP contribution in [0.2, 0.25) is 0 Å². The number of ketones is 1. The zero-order chi connectivity index (χ0) is 25.8. The SMILES string of the molecule is O=C(N[C@H](CN1CCCC1)[C@H](O)c1ccc2c(c1)OC=CO2)C(=O)c1ccc(-c2ccc(F)cc2)cc1. The minimum absolute atomic E-state index is 0.226. The number of aliphatic hydroxyl groups is 1. The van der Waals surface area contributed by atoms with Crippen molar-refractivity contribution in [2.24, 2.45) is 0 Å². The third kappa shape index (κ3) is 5.71. The van der Waals surface area contributed by atoms with Crippen molar-refractivity contribution in [2.45, 2.75) is 25.0 Å². The molecule has 2 N–H and O–H groups in total. The highest BCUT2D eigenvalue weighted by molar-refractivity contribution is 6.42. The van der Waals surface area contributed by atoms with E-state index in [1.807, 2.05) is 0 Å². The van der Waals surface area contributed by atoms with Crippen LogP contribution < -0.4 is 14.8 Å². The van der Waals surface area contributed by atoms with Gasteiger partial charge in [0, 0.05) is 12.1 Å². The van der Waals surface area contributed by atoms with E-state index in [4.69, 9.17) is 9.47 Å². The van der Waals surface area contributed by atoms with E-state index in [1.165, 1.54) is 24.7 Å². The Morgan fingerprint density at radius 2 is 1.51 bits per heavy atom. The van der Waals surface area contributed by atoms with Crippen LogP contribution >= 0.6 is 0 Å². The van der Waals surface area contributed by atoms with E-state index >= 15 is 0 Å². The Morgan fingerprint density at radius 3 is 2.19 bits per heavy atom. The van der Waals surface area contributed by atoms with Crippen molar-refractivity contribution in [1.82, 2.24) is 10.2 Å². The number of aliphatic hydroxyl groups excluding tert-OH is 1. The standard InChI is InChI=1S/C29H27FN2O5/c30-23-10-7-20(8-11-23)19-3-5-21(6-4-19)28(34)29(35)31-24(18-32-13-1-2-14-32)27(33)22-9-12-25-26(17-22)37-16-15-36-25/h3-12,15-17,24,27,33H,1-2,13-14,18H2,(H,31,35)/t24-,27-/m1/s1. The Balaban J connectivity index is 1.31. The van der Waals surface area contributed by atoms with Gasteiger partial charge in [0.2, 0.25) is 5.78 Å². The minimum Gasteiger partial charge on any atom is -0.458 e. The molecule has 5 rings (SSSR count). The van der Waals surface area contributed by atoms with Gasteiger partial charge in [-0.3, -0.25) is 9.59 Å². The zero-order valence-corrected chi connectivity index (χ0v) is 20.1. The van der Waals surface area contributed by atoms with E-state index in [0.29, 0.717) is 23.6 Å². The largest absolute Gasteiger partial charge is 0.458 e. The molecule has 1 fully saturated rings. The third-order valence-corrected chi connectivity index (χ3v) is 6.64. The summed E-state index contributed by atoms with van der Waals surface area (Å²) in [6.45, 7) is 2.13. The number of Topliss-reactive ketones (excluding diaryl/α,β-unsaturated/α-hetero) is 1. The second-order valence-electron chi connectivity index (χ2n) is 9.16. The number of nitrogens with one attached hydrogen (secondary N) is 1. The van der Waals surface area contributed by atoms with Crippen molar-refractivity contribution in [1.29, 1.82) is 0 Å². The van der Waals surface area contributed by atoms with Gasteiger partial charge in [0.1, 0.15) is 24.4 Å². The van der Waals surface area contributed by atoms with E-state index in [9.17, 15) is 19.1 Å². The second kappa shape index (κ2) is 10.9. The maximum Gasteiger partial charge on any atom is 0.292 e. The van der Waals surface area contributed by atoms with E-state index in [0.717, 1.165) is 37.1 Å². The van der Waals surface area contributed by atoms with Crippen LogP contribution in [0.15, 0.2) is 79.3 Å². The molecule has 0 spiro atoms. The van der Waals surface area contributed by atoms with Crippen molar-refractivity contribution in [3.05, 3.63) is 96.2 Å². The molecule has 0 saturated carbocycles. The molecule has 0 radical (unpaired) electrons. The molecular formula is C29H27FN2O5. The summed E-state index contributed by atoms with van der Waals surface area (Å²) in [5.74, 6) is -0.832. The van der Waals surface area contributed by atoms with Gasteiger partial charge in [0.05, 0.1) is 6.04 Å². The van der Waals surface area contributed by atoms with Crippen LogP contribution in [0.25, 0.3) is 11.1 Å². The summed E-state index contributed by atoms with van der Waals surface area (Å²) in [7, 11) is 0. The number of rotatable bonds is 8. The third-order valence-electron chi connectivity index (χ3n) is 6.64. The smallest absolute Gasteiger partial charge is 0.292 e. The number of likely N-dealkylation sites (tertiary alicyclic amines) is 1. The Hall–Kier alpha value is -4.01. The second-order valence-corrected chi connectivity index (χ2v) is 9.16. The molecule has 0 aromatic heterocycles. The molecule has 0 aliphatic carbocycles. The zero-order valence-electron chi connectivity index (χ0n) is 20.1. The molecule has 3 aromatic carbocycles. The molecule has 2 heterocycles. The number of benzene rings is 3. The number of halogens is 1. The molecule has 7 nitrogen and oxygen atoms in total. The van der Waals surface area contributed by atoms with Gasteiger partial charge in [-0.05, 0) is 66.9 Å². The molecule has 2 aliphatic rings. The Labute approximate surface area is 214 Å². The van der Waals surface area contributed by atoms with Crippen LogP contribution in [0.3, 0.4) is 0 Å². The first kappa shape index (κ1) is 24.7. The Bertz CT molecular complexity index is 1300. The summed E-state index contributed by atoms with van der Waals surface area (Å²) >= 11 is 0. The topological polar surface area (TPSA) is 88.1 Å². The van der Waals surface area contributed by atoms with E-state index in [1.54, 1.807) is 54.6 Å². The molecule has 190 valence electrons. The monoisotopic (exact) mass is 502 g/mol. The number of hydrogen-bond acceptors (Lipinski definition) is 6. The van der Waals surface area contributed by atoms with Crippen LogP contribution in [0.1, 0.15) is 34.9 Å². The molecule has 8 heteroatoms. The van der Waals surface area contributed by atoms with Crippen molar-refractivity contribution < 1.29 is 28.6 Å². The predicted octanol–water partition coefficient (Wildman–Crippen LogP) is 4.23. The number of hydrogen-bond donors (Lipinski definition) is 2. The number of carbonyl (C=O) groups is 2. The van der Waals surface area contributed by atoms with Gasteiger partial charge in [-0.2, -0.15) is 0 Å². The van der Waals surface area contributed by atoms with Gasteiger partial charge in [-0.25, -0.2) is 4.39 Å². The molecule has 2 aliphatic heterocycles. The maximum atomic E-state index is 13.2. The molecule has 3 aromatic rings. The molecule has 1 saturated heterocycles. The summed E-state index contributed by atoms with van der Waals surface area (Å²) < 4.78 is 24.1. The average Bonchev–Trinajstić information content (AvgIpc) is 3.45. The molecular weight excluding hydrogens is 475 g/mol. The lowest BCUT2D eigenvalue weighted by Gasteiger charge is -2.29. The van der Waals surface area contributed by atoms with Gasteiger partial charge in [0.25, 0.3) is 5.91 Å². The normalized spacial score (nSPS) is 16.3. The highest BCUT2D eigenvalue weighted by Crippen LogP contribution is 2.34. The number of carbonyl (C=O) groups excluding carboxylic acids is 2. The maximum absolute atomic E-state index is 13.2. The van der Waals surface area contributed by atoms with Gasteiger partial charge in [-0.1, -0.05) is 42.5 Å². The number of amides is 1. The van der Waals surface area contributed by atoms with Gasteiger partial charge < -0.3 is 24.8 Å². The first-order chi connectivity index (χ1) is 18.0. The average molecular weight is 503 g/mol. The fraction of sp³-hybridized carbons (Fsp3) is 0.241. The fourth-order valence-corrected chi connectivity index (χ4v) is 4.62. The summed E-state index contributed by atoms with van der Waals surface area (Å²) in [5, 5.41) is 14.0. The fourth-order valence-electron chi connectivity index (χ4n) is 4.62. The number of ether oxygens (including phenoxy) is 2. The molecule has 0 unspecified atom stereocenters. The molecule has 2 atom stereocenters. The lowest BCUT2D eigenvalue weighted by atomic mass is 9.99. The molecule has 1 amide bonds. The summed E-state index contributed by atoms with van der Waals surface area (Å²) in [6.07, 6.45) is 3.85. The quantitative estimate of drug-likeness (QED) is 0.354. The van der Waals surface area contributed by atoms with Gasteiger partial charge >= 0.3 is 0 Å². The number of nitrogens with zero attached hydrogens (tertiary/aromatic N) is 1. The van der Waals surface area contributed by atoms with Crippen LogP contribution in [-0.2, 0) is 4.79 Å². The first-order valence-electron chi connectivity index (χ1n) is 12.2. The van der Waals surface area contributed by atoms with Crippen molar-refractivity contribution in [3.8, 4) is 22.6 Å². The molecule has 0 bridgehead atoms. The van der Waals surface area contributed by atoms with E-state index in [2.05, 4.69) is 10.2 Å².